The maximum atomic E-state index is 6.34. The lowest BCUT2D eigenvalue weighted by molar-refractivity contribution is 0.137. The first-order chi connectivity index (χ1) is 9.90. The summed E-state index contributed by atoms with van der Waals surface area (Å²) in [6.07, 6.45) is 6.80. The summed E-state index contributed by atoms with van der Waals surface area (Å²) < 4.78 is 6.34. The van der Waals surface area contributed by atoms with Crippen molar-refractivity contribution in [3.8, 4) is 0 Å². The molecule has 1 aliphatic carbocycles. The Morgan fingerprint density at radius 3 is 2.33 bits per heavy atom. The summed E-state index contributed by atoms with van der Waals surface area (Å²) in [6.45, 7) is 13.6. The van der Waals surface area contributed by atoms with Crippen LogP contribution in [-0.2, 0) is 4.74 Å². The lowest BCUT2D eigenvalue weighted by atomic mass is 9.87. The van der Waals surface area contributed by atoms with Crippen LogP contribution >= 0.6 is 0 Å². The van der Waals surface area contributed by atoms with Crippen LogP contribution in [0.25, 0.3) is 0 Å². The fourth-order valence-electron chi connectivity index (χ4n) is 3.75. The molecule has 1 heterocycles. The van der Waals surface area contributed by atoms with Gasteiger partial charge in [-0.1, -0.05) is 33.1 Å². The molecule has 2 rings (SSSR count). The van der Waals surface area contributed by atoms with Crippen LogP contribution in [0.3, 0.4) is 0 Å². The molecule has 0 bridgehead atoms. The molecule has 0 radical (unpaired) electrons. The molecule has 1 saturated heterocycles. The summed E-state index contributed by atoms with van der Waals surface area (Å²) in [7, 11) is 0. The minimum absolute atomic E-state index is 0.296. The van der Waals surface area contributed by atoms with Gasteiger partial charge in [0.1, 0.15) is 6.10 Å². The standard InChI is InChI=1S/C18H34N2O/c1-12(2)19-18-20(13(3)4)16-10-8-7-9-14(5)15(6)11-17(16)21-18/h12-17H,7-11H2,1-6H3. The highest BCUT2D eigenvalue weighted by Gasteiger charge is 2.42. The highest BCUT2D eigenvalue weighted by molar-refractivity contribution is 5.77. The molecule has 0 aromatic heterocycles. The highest BCUT2D eigenvalue weighted by Crippen LogP contribution is 2.35. The molecule has 2 fully saturated rings. The molecule has 3 nitrogen and oxygen atoms in total. The van der Waals surface area contributed by atoms with Gasteiger partial charge in [-0.25, -0.2) is 4.99 Å². The van der Waals surface area contributed by atoms with E-state index in [4.69, 9.17) is 9.73 Å². The Labute approximate surface area is 131 Å². The van der Waals surface area contributed by atoms with Crippen LogP contribution < -0.4 is 0 Å². The molecule has 2 aliphatic rings. The highest BCUT2D eigenvalue weighted by atomic mass is 16.5. The number of amidine groups is 1. The molecule has 4 unspecified atom stereocenters. The van der Waals surface area contributed by atoms with Crippen molar-refractivity contribution in [1.29, 1.82) is 0 Å². The zero-order valence-electron chi connectivity index (χ0n) is 14.8. The summed E-state index contributed by atoms with van der Waals surface area (Å²) in [6, 6.07) is 2.18. The molecule has 3 heteroatoms. The van der Waals surface area contributed by atoms with Crippen LogP contribution in [0.4, 0.5) is 0 Å². The molecule has 1 aliphatic heterocycles. The minimum atomic E-state index is 0.296. The first-order valence-corrected chi connectivity index (χ1v) is 8.93. The van der Waals surface area contributed by atoms with Crippen LogP contribution in [0.5, 0.6) is 0 Å². The van der Waals surface area contributed by atoms with Crippen molar-refractivity contribution < 1.29 is 4.74 Å². The van der Waals surface area contributed by atoms with Gasteiger partial charge in [-0.2, -0.15) is 0 Å². The number of hydrogen-bond acceptors (Lipinski definition) is 2. The summed E-state index contributed by atoms with van der Waals surface area (Å²) in [5.41, 5.74) is 0. The number of ether oxygens (including phenoxy) is 1. The van der Waals surface area contributed by atoms with Crippen LogP contribution in [0, 0.1) is 11.8 Å². The zero-order valence-corrected chi connectivity index (χ0v) is 14.8. The van der Waals surface area contributed by atoms with Gasteiger partial charge in [-0.3, -0.25) is 0 Å². The topological polar surface area (TPSA) is 24.8 Å². The molecular formula is C18H34N2O. The number of rotatable bonds is 2. The van der Waals surface area contributed by atoms with Crippen molar-refractivity contribution in [1.82, 2.24) is 4.90 Å². The average molecular weight is 294 g/mol. The SMILES string of the molecule is CC(C)N=C1OC2CC(C)C(C)CCCCC2N1C(C)C. The van der Waals surface area contributed by atoms with E-state index in [-0.39, 0.29) is 0 Å². The van der Waals surface area contributed by atoms with Gasteiger partial charge in [-0.05, 0) is 52.4 Å². The van der Waals surface area contributed by atoms with E-state index in [2.05, 4.69) is 46.4 Å². The van der Waals surface area contributed by atoms with Crippen LogP contribution in [0.1, 0.15) is 73.6 Å². The van der Waals surface area contributed by atoms with Gasteiger partial charge >= 0.3 is 0 Å². The summed E-state index contributed by atoms with van der Waals surface area (Å²) in [5, 5.41) is 0. The zero-order chi connectivity index (χ0) is 15.6. The Bertz CT molecular complexity index is 364. The molecule has 0 aromatic rings. The van der Waals surface area contributed by atoms with E-state index < -0.39 is 0 Å². The fourth-order valence-corrected chi connectivity index (χ4v) is 3.75. The quantitative estimate of drug-likeness (QED) is 0.751. The second kappa shape index (κ2) is 7.02. The number of nitrogens with zero attached hydrogens (tertiary/aromatic N) is 2. The fraction of sp³-hybridized carbons (Fsp3) is 0.944. The lowest BCUT2D eigenvalue weighted by Crippen LogP contribution is -2.42. The van der Waals surface area contributed by atoms with E-state index in [1.807, 2.05) is 0 Å². The van der Waals surface area contributed by atoms with E-state index in [1.165, 1.54) is 32.1 Å². The van der Waals surface area contributed by atoms with Crippen molar-refractivity contribution in [3.63, 3.8) is 0 Å². The number of hydrogen-bond donors (Lipinski definition) is 0. The van der Waals surface area contributed by atoms with Crippen LogP contribution in [0.15, 0.2) is 4.99 Å². The monoisotopic (exact) mass is 294 g/mol. The molecule has 4 atom stereocenters. The van der Waals surface area contributed by atoms with E-state index in [1.54, 1.807) is 0 Å². The van der Waals surface area contributed by atoms with Crippen molar-refractivity contribution in [2.24, 2.45) is 16.8 Å². The van der Waals surface area contributed by atoms with Crippen LogP contribution in [-0.4, -0.2) is 35.2 Å². The predicted octanol–water partition coefficient (Wildman–Crippen LogP) is 4.46. The number of fused-ring (bicyclic) bond motifs is 1. The summed E-state index contributed by atoms with van der Waals surface area (Å²) >= 11 is 0. The van der Waals surface area contributed by atoms with E-state index in [0.717, 1.165) is 17.9 Å². The van der Waals surface area contributed by atoms with Gasteiger partial charge in [0.25, 0.3) is 6.02 Å². The van der Waals surface area contributed by atoms with Gasteiger partial charge < -0.3 is 9.64 Å². The van der Waals surface area contributed by atoms with Crippen LogP contribution in [0.2, 0.25) is 0 Å². The molecular weight excluding hydrogens is 260 g/mol. The van der Waals surface area contributed by atoms with E-state index >= 15 is 0 Å². The Hall–Kier alpha value is -0.730. The molecule has 122 valence electrons. The summed E-state index contributed by atoms with van der Waals surface area (Å²) in [4.78, 5) is 7.20. The molecule has 1 saturated carbocycles. The third-order valence-corrected chi connectivity index (χ3v) is 5.17. The molecule has 21 heavy (non-hydrogen) atoms. The van der Waals surface area contributed by atoms with Crippen molar-refractivity contribution in [2.75, 3.05) is 0 Å². The van der Waals surface area contributed by atoms with Crippen molar-refractivity contribution in [3.05, 3.63) is 0 Å². The maximum Gasteiger partial charge on any atom is 0.288 e. The molecule has 0 N–H and O–H groups in total. The van der Waals surface area contributed by atoms with Gasteiger partial charge in [0, 0.05) is 12.1 Å². The first kappa shape index (κ1) is 16.6. The second-order valence-corrected chi connectivity index (χ2v) is 7.70. The van der Waals surface area contributed by atoms with Crippen molar-refractivity contribution >= 4 is 6.02 Å². The Morgan fingerprint density at radius 1 is 1.05 bits per heavy atom. The first-order valence-electron chi connectivity index (χ1n) is 8.93. The van der Waals surface area contributed by atoms with E-state index in [0.29, 0.717) is 24.2 Å². The Balaban J connectivity index is 2.23. The van der Waals surface area contributed by atoms with Gasteiger partial charge in [0.2, 0.25) is 0 Å². The Kier molecular flexibility index (Phi) is 5.56. The normalized spacial score (nSPS) is 36.4. The predicted molar refractivity (Wildman–Crippen MR) is 89.6 cm³/mol. The van der Waals surface area contributed by atoms with E-state index in [9.17, 15) is 0 Å². The molecule has 0 amide bonds. The second-order valence-electron chi connectivity index (χ2n) is 7.70. The van der Waals surface area contributed by atoms with Gasteiger partial charge in [0.05, 0.1) is 6.04 Å². The smallest absolute Gasteiger partial charge is 0.288 e. The Morgan fingerprint density at radius 2 is 1.71 bits per heavy atom. The maximum absolute atomic E-state index is 6.34. The summed E-state index contributed by atoms with van der Waals surface area (Å²) in [5.74, 6) is 1.55. The third-order valence-electron chi connectivity index (χ3n) is 5.17. The molecule has 0 aromatic carbocycles. The van der Waals surface area contributed by atoms with Gasteiger partial charge in [0.15, 0.2) is 0 Å². The molecule has 0 spiro atoms. The average Bonchev–Trinajstić information content (AvgIpc) is 2.72. The lowest BCUT2D eigenvalue weighted by Gasteiger charge is -2.29. The largest absolute Gasteiger partial charge is 0.460 e. The van der Waals surface area contributed by atoms with Crippen molar-refractivity contribution in [2.45, 2.75) is 97.9 Å². The van der Waals surface area contributed by atoms with Gasteiger partial charge in [-0.15, -0.1) is 0 Å². The minimum Gasteiger partial charge on any atom is -0.460 e. The third kappa shape index (κ3) is 3.92. The number of aliphatic imine (C=N–C) groups is 1.